The summed E-state index contributed by atoms with van der Waals surface area (Å²) in [6.45, 7) is 7.65. The summed E-state index contributed by atoms with van der Waals surface area (Å²) in [6, 6.07) is 0. The van der Waals surface area contributed by atoms with Crippen LogP contribution in [0.1, 0.15) is 59.8 Å². The summed E-state index contributed by atoms with van der Waals surface area (Å²) in [7, 11) is 0. The molecular weight excluding hydrogens is 223 g/mol. The molecule has 1 unspecified atom stereocenters. The molecule has 3 heteroatoms. The first kappa shape index (κ1) is 19.9. The molecular formula is C11H26NiO2. The third-order valence-electron chi connectivity index (χ3n) is 1.61. The maximum Gasteiger partial charge on any atom is 0.0537 e. The quantitative estimate of drug-likeness (QED) is 0.580. The Bertz CT molecular complexity index is 84.6. The summed E-state index contributed by atoms with van der Waals surface area (Å²) >= 11 is 0. The number of aliphatic hydroxyl groups excluding tert-OH is 2. The molecule has 0 saturated carbocycles. The van der Waals surface area contributed by atoms with Crippen LogP contribution in [-0.2, 0) is 16.5 Å². The molecule has 0 rings (SSSR count). The van der Waals surface area contributed by atoms with E-state index in [1.807, 2.05) is 6.92 Å². The minimum absolute atomic E-state index is 0. The number of hydrogen-bond donors (Lipinski definition) is 2. The summed E-state index contributed by atoms with van der Waals surface area (Å²) in [4.78, 5) is 0. The normalized spacial score (nSPS) is 11.4. The Morgan fingerprint density at radius 1 is 1.00 bits per heavy atom. The van der Waals surface area contributed by atoms with Crippen molar-refractivity contribution in [1.29, 1.82) is 0 Å². The molecule has 0 aliphatic heterocycles. The first-order valence-electron chi connectivity index (χ1n) is 5.40. The maximum atomic E-state index is 9.08. The van der Waals surface area contributed by atoms with Crippen molar-refractivity contribution in [3.8, 4) is 0 Å². The molecule has 0 bridgehead atoms. The number of aliphatic hydroxyl groups is 2. The zero-order valence-electron chi connectivity index (χ0n) is 9.90. The van der Waals surface area contributed by atoms with E-state index < -0.39 is 0 Å². The maximum absolute atomic E-state index is 9.08. The van der Waals surface area contributed by atoms with Gasteiger partial charge >= 0.3 is 0 Å². The molecule has 0 saturated heterocycles. The summed E-state index contributed by atoms with van der Waals surface area (Å²) < 4.78 is 0. The van der Waals surface area contributed by atoms with Crippen LogP contribution >= 0.6 is 0 Å². The summed E-state index contributed by atoms with van der Waals surface area (Å²) in [5, 5.41) is 17.1. The molecule has 2 nitrogen and oxygen atoms in total. The first-order valence-corrected chi connectivity index (χ1v) is 5.40. The van der Waals surface area contributed by atoms with Crippen LogP contribution in [0.5, 0.6) is 0 Å². The van der Waals surface area contributed by atoms with Crippen LogP contribution in [0.4, 0.5) is 0 Å². The van der Waals surface area contributed by atoms with Crippen molar-refractivity contribution in [3.05, 3.63) is 0 Å². The number of unbranched alkanes of at least 4 members (excludes halogenated alkanes) is 2. The monoisotopic (exact) mass is 248 g/mol. The molecule has 0 radical (unpaired) electrons. The predicted molar refractivity (Wildman–Crippen MR) is 57.8 cm³/mol. The van der Waals surface area contributed by atoms with E-state index in [9.17, 15) is 0 Å². The van der Waals surface area contributed by atoms with Crippen LogP contribution in [0.15, 0.2) is 0 Å². The zero-order valence-corrected chi connectivity index (χ0v) is 10.9. The predicted octanol–water partition coefficient (Wildman–Crippen LogP) is 2.72. The third-order valence-corrected chi connectivity index (χ3v) is 1.61. The Hall–Kier alpha value is 0.414. The van der Waals surface area contributed by atoms with Gasteiger partial charge in [-0.25, -0.2) is 0 Å². The van der Waals surface area contributed by atoms with Gasteiger partial charge in [0.05, 0.1) is 6.10 Å². The molecule has 0 heterocycles. The van der Waals surface area contributed by atoms with Gasteiger partial charge in [0.1, 0.15) is 0 Å². The SMILES string of the molecule is CC(C)O.CCCCCC(O)CC.[Ni]. The second-order valence-corrected chi connectivity index (χ2v) is 3.65. The number of rotatable bonds is 5. The van der Waals surface area contributed by atoms with Gasteiger partial charge in [-0.1, -0.05) is 33.1 Å². The van der Waals surface area contributed by atoms with Crippen molar-refractivity contribution in [2.45, 2.75) is 72.0 Å². The fraction of sp³-hybridized carbons (Fsp3) is 1.00. The van der Waals surface area contributed by atoms with Crippen LogP contribution in [0.2, 0.25) is 0 Å². The standard InChI is InChI=1S/C8H18O.C3H8O.Ni/c1-3-5-6-7-8(9)4-2;1-3(2)4;/h8-9H,3-7H2,1-2H3;3-4H,1-2H3;. The van der Waals surface area contributed by atoms with Crippen molar-refractivity contribution in [1.82, 2.24) is 0 Å². The van der Waals surface area contributed by atoms with Gasteiger partial charge in [0, 0.05) is 22.6 Å². The van der Waals surface area contributed by atoms with Gasteiger partial charge in [-0.3, -0.25) is 0 Å². The van der Waals surface area contributed by atoms with Gasteiger partial charge in [0.25, 0.3) is 0 Å². The molecule has 0 fully saturated rings. The second kappa shape index (κ2) is 15.9. The number of hydrogen-bond acceptors (Lipinski definition) is 2. The fourth-order valence-electron chi connectivity index (χ4n) is 0.834. The van der Waals surface area contributed by atoms with Crippen LogP contribution in [0, 0.1) is 0 Å². The van der Waals surface area contributed by atoms with E-state index in [1.54, 1.807) is 13.8 Å². The van der Waals surface area contributed by atoms with Gasteiger partial charge in [0.2, 0.25) is 0 Å². The van der Waals surface area contributed by atoms with Gasteiger partial charge in [-0.2, -0.15) is 0 Å². The van der Waals surface area contributed by atoms with Crippen molar-refractivity contribution in [3.63, 3.8) is 0 Å². The van der Waals surface area contributed by atoms with E-state index in [4.69, 9.17) is 10.2 Å². The summed E-state index contributed by atoms with van der Waals surface area (Å²) in [5.41, 5.74) is 0. The van der Waals surface area contributed by atoms with Crippen LogP contribution in [0.25, 0.3) is 0 Å². The van der Waals surface area contributed by atoms with Gasteiger partial charge in [0.15, 0.2) is 0 Å². The average Bonchev–Trinajstić information content (AvgIpc) is 2.03. The van der Waals surface area contributed by atoms with E-state index in [0.717, 1.165) is 12.8 Å². The van der Waals surface area contributed by atoms with E-state index >= 15 is 0 Å². The molecule has 0 aromatic heterocycles. The van der Waals surface area contributed by atoms with E-state index in [1.165, 1.54) is 19.3 Å². The third kappa shape index (κ3) is 29.4. The molecule has 0 aromatic rings. The molecule has 0 aliphatic carbocycles. The first-order chi connectivity index (χ1) is 6.04. The largest absolute Gasteiger partial charge is 0.394 e. The van der Waals surface area contributed by atoms with Gasteiger partial charge in [-0.15, -0.1) is 0 Å². The Labute approximate surface area is 99.0 Å². The molecule has 1 atom stereocenters. The Kier molecular flexibility index (Phi) is 22.6. The second-order valence-electron chi connectivity index (χ2n) is 3.65. The molecule has 92 valence electrons. The summed E-state index contributed by atoms with van der Waals surface area (Å²) in [5.74, 6) is 0. The van der Waals surface area contributed by atoms with Gasteiger partial charge in [-0.05, 0) is 26.7 Å². The van der Waals surface area contributed by atoms with Gasteiger partial charge < -0.3 is 10.2 Å². The summed E-state index contributed by atoms with van der Waals surface area (Å²) in [6.07, 6.45) is 5.38. The molecule has 0 aromatic carbocycles. The minimum Gasteiger partial charge on any atom is -0.394 e. The fourth-order valence-corrected chi connectivity index (χ4v) is 0.834. The molecule has 0 amide bonds. The van der Waals surface area contributed by atoms with Crippen LogP contribution in [0.3, 0.4) is 0 Å². The van der Waals surface area contributed by atoms with Crippen LogP contribution in [-0.4, -0.2) is 22.4 Å². The van der Waals surface area contributed by atoms with Crippen molar-refractivity contribution in [2.24, 2.45) is 0 Å². The average molecular weight is 249 g/mol. The molecule has 0 aliphatic rings. The van der Waals surface area contributed by atoms with Crippen LogP contribution < -0.4 is 0 Å². The van der Waals surface area contributed by atoms with Crippen molar-refractivity contribution in [2.75, 3.05) is 0 Å². The molecule has 2 N–H and O–H groups in total. The molecule has 0 spiro atoms. The zero-order chi connectivity index (χ0) is 10.7. The Morgan fingerprint density at radius 3 is 1.71 bits per heavy atom. The van der Waals surface area contributed by atoms with E-state index in [-0.39, 0.29) is 28.7 Å². The van der Waals surface area contributed by atoms with Crippen molar-refractivity contribution < 1.29 is 26.7 Å². The molecule has 14 heavy (non-hydrogen) atoms. The van der Waals surface area contributed by atoms with Crippen molar-refractivity contribution >= 4 is 0 Å². The Morgan fingerprint density at radius 2 is 1.43 bits per heavy atom. The smallest absolute Gasteiger partial charge is 0.0537 e. The van der Waals surface area contributed by atoms with E-state index in [2.05, 4.69) is 6.92 Å². The Balaban J connectivity index is -0.000000209. The van der Waals surface area contributed by atoms with E-state index in [0.29, 0.717) is 0 Å². The minimum atomic E-state index is -0.167. The topological polar surface area (TPSA) is 40.5 Å².